The number of nitrogens with one attached hydrogen (secondary N) is 1. The van der Waals surface area contributed by atoms with Gasteiger partial charge in [0.15, 0.2) is 0 Å². The van der Waals surface area contributed by atoms with Gasteiger partial charge in [0.25, 0.3) is 0 Å². The Morgan fingerprint density at radius 1 is 1.11 bits per heavy atom. The van der Waals surface area contributed by atoms with Gasteiger partial charge in [-0.25, -0.2) is 0 Å². The van der Waals surface area contributed by atoms with Crippen LogP contribution in [0, 0.1) is 20.8 Å². The van der Waals surface area contributed by atoms with Gasteiger partial charge in [0.2, 0.25) is 0 Å². The maximum atomic E-state index is 4.41. The molecule has 19 heavy (non-hydrogen) atoms. The largest absolute Gasteiger partial charge is 0.376 e. The average Bonchev–Trinajstić information content (AvgIpc) is 2.34. The molecule has 0 bridgehead atoms. The van der Waals surface area contributed by atoms with E-state index in [4.69, 9.17) is 0 Å². The second-order valence-corrected chi connectivity index (χ2v) is 5.69. The maximum Gasteiger partial charge on any atom is 0.0835 e. The zero-order valence-electron chi connectivity index (χ0n) is 11.7. The molecule has 0 saturated carbocycles. The van der Waals surface area contributed by atoms with Crippen molar-refractivity contribution in [2.75, 3.05) is 5.32 Å². The van der Waals surface area contributed by atoms with Gasteiger partial charge in [0.1, 0.15) is 0 Å². The standard InChI is InChI=1S/C15H18BrN3/c1-9-7-10(2)14(13(16)8-9)19-12(4)15-11(3)17-5-6-18-15/h5-8,12,19H,1-4H3. The lowest BCUT2D eigenvalue weighted by Crippen LogP contribution is -2.12. The zero-order chi connectivity index (χ0) is 14.0. The number of aryl methyl sites for hydroxylation is 3. The molecule has 1 aromatic carbocycles. The van der Waals surface area contributed by atoms with Crippen LogP contribution in [0.2, 0.25) is 0 Å². The summed E-state index contributed by atoms with van der Waals surface area (Å²) in [6.07, 6.45) is 3.45. The summed E-state index contributed by atoms with van der Waals surface area (Å²) >= 11 is 3.62. The lowest BCUT2D eigenvalue weighted by Gasteiger charge is -2.19. The Morgan fingerprint density at radius 3 is 2.42 bits per heavy atom. The summed E-state index contributed by atoms with van der Waals surface area (Å²) < 4.78 is 1.08. The van der Waals surface area contributed by atoms with E-state index in [1.807, 2.05) is 6.92 Å². The van der Waals surface area contributed by atoms with E-state index >= 15 is 0 Å². The molecule has 3 nitrogen and oxygen atoms in total. The van der Waals surface area contributed by atoms with Crippen molar-refractivity contribution >= 4 is 21.6 Å². The third kappa shape index (κ3) is 3.13. The van der Waals surface area contributed by atoms with Crippen molar-refractivity contribution in [2.24, 2.45) is 0 Å². The monoisotopic (exact) mass is 319 g/mol. The molecule has 0 radical (unpaired) electrons. The Bertz CT molecular complexity index is 573. The van der Waals surface area contributed by atoms with E-state index in [2.05, 4.69) is 64.1 Å². The fraction of sp³-hybridized carbons (Fsp3) is 0.333. The van der Waals surface area contributed by atoms with Crippen LogP contribution in [-0.2, 0) is 0 Å². The molecule has 0 amide bonds. The highest BCUT2D eigenvalue weighted by atomic mass is 79.9. The van der Waals surface area contributed by atoms with Gasteiger partial charge in [-0.05, 0) is 60.8 Å². The van der Waals surface area contributed by atoms with Gasteiger partial charge in [-0.3, -0.25) is 9.97 Å². The number of benzene rings is 1. The van der Waals surface area contributed by atoms with Crippen LogP contribution in [0.1, 0.15) is 35.5 Å². The van der Waals surface area contributed by atoms with E-state index in [0.29, 0.717) is 0 Å². The number of aromatic nitrogens is 2. The maximum absolute atomic E-state index is 4.41. The van der Waals surface area contributed by atoms with E-state index in [9.17, 15) is 0 Å². The number of rotatable bonds is 3. The van der Waals surface area contributed by atoms with Crippen molar-refractivity contribution in [3.05, 3.63) is 51.5 Å². The third-order valence-corrected chi connectivity index (χ3v) is 3.75. The number of hydrogen-bond donors (Lipinski definition) is 1. The van der Waals surface area contributed by atoms with Crippen LogP contribution in [0.25, 0.3) is 0 Å². The lowest BCUT2D eigenvalue weighted by atomic mass is 10.1. The summed E-state index contributed by atoms with van der Waals surface area (Å²) in [5, 5.41) is 3.51. The lowest BCUT2D eigenvalue weighted by molar-refractivity contribution is 0.808. The summed E-state index contributed by atoms with van der Waals surface area (Å²) in [6, 6.07) is 4.40. The van der Waals surface area contributed by atoms with Crippen molar-refractivity contribution in [1.29, 1.82) is 0 Å². The normalized spacial score (nSPS) is 12.3. The molecule has 1 unspecified atom stereocenters. The Kier molecular flexibility index (Phi) is 4.20. The van der Waals surface area contributed by atoms with Crippen LogP contribution in [0.5, 0.6) is 0 Å². The molecule has 2 aromatic rings. The van der Waals surface area contributed by atoms with Gasteiger partial charge < -0.3 is 5.32 Å². The predicted molar refractivity (Wildman–Crippen MR) is 82.4 cm³/mol. The van der Waals surface area contributed by atoms with Crippen LogP contribution in [-0.4, -0.2) is 9.97 Å². The quantitative estimate of drug-likeness (QED) is 0.914. The van der Waals surface area contributed by atoms with E-state index in [1.54, 1.807) is 12.4 Å². The molecule has 0 aliphatic rings. The highest BCUT2D eigenvalue weighted by molar-refractivity contribution is 9.10. The van der Waals surface area contributed by atoms with Gasteiger partial charge in [-0.2, -0.15) is 0 Å². The minimum absolute atomic E-state index is 0.117. The van der Waals surface area contributed by atoms with Crippen LogP contribution in [0.3, 0.4) is 0 Å². The molecule has 0 fully saturated rings. The second kappa shape index (κ2) is 5.70. The van der Waals surface area contributed by atoms with Crippen molar-refractivity contribution in [3.63, 3.8) is 0 Å². The van der Waals surface area contributed by atoms with Gasteiger partial charge in [0, 0.05) is 16.9 Å². The van der Waals surface area contributed by atoms with E-state index < -0.39 is 0 Å². The molecule has 0 saturated heterocycles. The summed E-state index contributed by atoms with van der Waals surface area (Å²) in [4.78, 5) is 8.70. The van der Waals surface area contributed by atoms with Crippen molar-refractivity contribution in [2.45, 2.75) is 33.7 Å². The Balaban J connectivity index is 2.29. The summed E-state index contributed by atoms with van der Waals surface area (Å²) in [7, 11) is 0. The van der Waals surface area contributed by atoms with Crippen LogP contribution in [0.4, 0.5) is 5.69 Å². The van der Waals surface area contributed by atoms with E-state index in [0.717, 1.165) is 21.5 Å². The summed E-state index contributed by atoms with van der Waals surface area (Å²) in [6.45, 7) is 8.29. The number of anilines is 1. The third-order valence-electron chi connectivity index (χ3n) is 3.12. The van der Waals surface area contributed by atoms with E-state index in [1.165, 1.54) is 11.1 Å². The molecule has 4 heteroatoms. The van der Waals surface area contributed by atoms with Crippen molar-refractivity contribution in [1.82, 2.24) is 9.97 Å². The fourth-order valence-corrected chi connectivity index (χ4v) is 3.02. The minimum Gasteiger partial charge on any atom is -0.376 e. The first kappa shape index (κ1) is 14.0. The molecule has 0 aliphatic heterocycles. The van der Waals surface area contributed by atoms with Crippen LogP contribution < -0.4 is 5.32 Å². The summed E-state index contributed by atoms with van der Waals surface area (Å²) in [5.74, 6) is 0. The molecular formula is C15H18BrN3. The Hall–Kier alpha value is -1.42. The first-order chi connectivity index (χ1) is 8.99. The molecule has 1 heterocycles. The molecule has 1 atom stereocenters. The fourth-order valence-electron chi connectivity index (χ4n) is 2.23. The number of halogens is 1. The Morgan fingerprint density at radius 2 is 1.79 bits per heavy atom. The van der Waals surface area contributed by atoms with Crippen molar-refractivity contribution < 1.29 is 0 Å². The Labute approximate surface area is 122 Å². The molecule has 1 N–H and O–H groups in total. The first-order valence-corrected chi connectivity index (χ1v) is 7.09. The average molecular weight is 320 g/mol. The highest BCUT2D eigenvalue weighted by Gasteiger charge is 2.13. The summed E-state index contributed by atoms with van der Waals surface area (Å²) in [5.41, 5.74) is 5.53. The molecule has 0 spiro atoms. The minimum atomic E-state index is 0.117. The smallest absolute Gasteiger partial charge is 0.0835 e. The van der Waals surface area contributed by atoms with Gasteiger partial charge in [-0.15, -0.1) is 0 Å². The highest BCUT2D eigenvalue weighted by Crippen LogP contribution is 2.30. The zero-order valence-corrected chi connectivity index (χ0v) is 13.2. The van der Waals surface area contributed by atoms with Crippen molar-refractivity contribution in [3.8, 4) is 0 Å². The molecule has 2 rings (SSSR count). The van der Waals surface area contributed by atoms with Gasteiger partial charge >= 0.3 is 0 Å². The first-order valence-electron chi connectivity index (χ1n) is 6.30. The topological polar surface area (TPSA) is 37.8 Å². The molecule has 0 aliphatic carbocycles. The number of nitrogens with zero attached hydrogens (tertiary/aromatic N) is 2. The predicted octanol–water partition coefficient (Wildman–Crippen LogP) is 4.34. The van der Waals surface area contributed by atoms with Crippen LogP contribution >= 0.6 is 15.9 Å². The number of hydrogen-bond acceptors (Lipinski definition) is 3. The molecule has 1 aromatic heterocycles. The van der Waals surface area contributed by atoms with Crippen LogP contribution in [0.15, 0.2) is 29.0 Å². The second-order valence-electron chi connectivity index (χ2n) is 4.83. The van der Waals surface area contributed by atoms with E-state index in [-0.39, 0.29) is 6.04 Å². The van der Waals surface area contributed by atoms with Gasteiger partial charge in [-0.1, -0.05) is 6.07 Å². The molecule has 100 valence electrons. The SMILES string of the molecule is Cc1cc(C)c(NC(C)c2nccnc2C)c(Br)c1. The van der Waals surface area contributed by atoms with Gasteiger partial charge in [0.05, 0.1) is 23.1 Å². The molecular weight excluding hydrogens is 302 g/mol.